The minimum absolute atomic E-state index is 0.0654. The van der Waals surface area contributed by atoms with Gasteiger partial charge in [0.2, 0.25) is 10.0 Å². The fourth-order valence-electron chi connectivity index (χ4n) is 2.21. The molecule has 0 aliphatic carbocycles. The maximum absolute atomic E-state index is 11.6. The normalized spacial score (nSPS) is 16.7. The van der Waals surface area contributed by atoms with Crippen molar-refractivity contribution in [1.82, 2.24) is 4.90 Å². The van der Waals surface area contributed by atoms with E-state index in [0.29, 0.717) is 5.69 Å². The maximum atomic E-state index is 11.6. The predicted molar refractivity (Wildman–Crippen MR) is 79.1 cm³/mol. The second kappa shape index (κ2) is 6.59. The van der Waals surface area contributed by atoms with Gasteiger partial charge in [0.15, 0.2) is 0 Å². The molecule has 0 saturated carbocycles. The number of hydrogen-bond acceptors (Lipinski definition) is 3. The third-order valence-corrected chi connectivity index (χ3v) is 4.88. The first-order valence-corrected chi connectivity index (χ1v) is 8.65. The highest BCUT2D eigenvalue weighted by Gasteiger charge is 2.12. The van der Waals surface area contributed by atoms with E-state index in [1.54, 1.807) is 12.1 Å². The summed E-state index contributed by atoms with van der Waals surface area (Å²) in [4.78, 5) is 2.41. The van der Waals surface area contributed by atoms with Gasteiger partial charge < -0.3 is 0 Å². The van der Waals surface area contributed by atoms with Crippen molar-refractivity contribution < 1.29 is 8.42 Å². The number of rotatable bonds is 6. The van der Waals surface area contributed by atoms with Crippen LogP contribution in [-0.4, -0.2) is 38.0 Å². The summed E-state index contributed by atoms with van der Waals surface area (Å²) in [5, 5.41) is 0. The minimum atomic E-state index is -3.31. The molecule has 0 atom stereocenters. The van der Waals surface area contributed by atoms with Gasteiger partial charge in [0.05, 0.1) is 5.75 Å². The standard InChI is InChI=1S/C13H19ClN2O2S/c14-7-10-19(17,18)15-13-5-3-12(4-6-13)11-16-8-1-2-9-16/h3-6,15H,1-2,7-11H2. The van der Waals surface area contributed by atoms with E-state index in [2.05, 4.69) is 9.62 Å². The number of benzene rings is 1. The van der Waals surface area contributed by atoms with Crippen LogP contribution < -0.4 is 4.72 Å². The summed E-state index contributed by atoms with van der Waals surface area (Å²) in [6, 6.07) is 7.54. The molecular weight excluding hydrogens is 284 g/mol. The van der Waals surface area contributed by atoms with Crippen LogP contribution in [0.3, 0.4) is 0 Å². The van der Waals surface area contributed by atoms with Crippen molar-refractivity contribution in [2.75, 3.05) is 29.4 Å². The fourth-order valence-corrected chi connectivity index (χ4v) is 3.62. The quantitative estimate of drug-likeness (QED) is 0.820. The summed E-state index contributed by atoms with van der Waals surface area (Å²) in [5.74, 6) is 0.0342. The Labute approximate surface area is 119 Å². The van der Waals surface area contributed by atoms with Crippen LogP contribution in [0.15, 0.2) is 24.3 Å². The van der Waals surface area contributed by atoms with Crippen molar-refractivity contribution in [3.63, 3.8) is 0 Å². The summed E-state index contributed by atoms with van der Waals surface area (Å²) in [5.41, 5.74) is 1.80. The van der Waals surface area contributed by atoms with Gasteiger partial charge in [0.1, 0.15) is 0 Å². The molecule has 6 heteroatoms. The molecule has 0 bridgehead atoms. The third-order valence-electron chi connectivity index (χ3n) is 3.18. The van der Waals surface area contributed by atoms with Crippen molar-refractivity contribution in [2.45, 2.75) is 19.4 Å². The zero-order valence-electron chi connectivity index (χ0n) is 10.8. The molecule has 2 rings (SSSR count). The predicted octanol–water partition coefficient (Wildman–Crippen LogP) is 2.26. The average Bonchev–Trinajstić information content (AvgIpc) is 2.84. The zero-order chi connectivity index (χ0) is 13.7. The van der Waals surface area contributed by atoms with Crippen LogP contribution in [0.25, 0.3) is 0 Å². The Morgan fingerprint density at radius 1 is 1.16 bits per heavy atom. The molecule has 0 spiro atoms. The molecule has 1 N–H and O–H groups in total. The third kappa shape index (κ3) is 4.67. The first-order chi connectivity index (χ1) is 9.09. The van der Waals surface area contributed by atoms with Crippen molar-refractivity contribution in [3.05, 3.63) is 29.8 Å². The van der Waals surface area contributed by atoms with Gasteiger partial charge in [-0.3, -0.25) is 9.62 Å². The van der Waals surface area contributed by atoms with Crippen LogP contribution in [0.5, 0.6) is 0 Å². The summed E-state index contributed by atoms with van der Waals surface area (Å²) < 4.78 is 25.6. The lowest BCUT2D eigenvalue weighted by atomic mass is 10.2. The Bertz CT molecular complexity index is 496. The van der Waals surface area contributed by atoms with Gasteiger partial charge in [-0.05, 0) is 43.6 Å². The van der Waals surface area contributed by atoms with Crippen molar-refractivity contribution in [2.24, 2.45) is 0 Å². The van der Waals surface area contributed by atoms with Gasteiger partial charge in [0, 0.05) is 18.1 Å². The van der Waals surface area contributed by atoms with E-state index in [-0.39, 0.29) is 11.6 Å². The van der Waals surface area contributed by atoms with E-state index in [1.165, 1.54) is 18.4 Å². The van der Waals surface area contributed by atoms with Crippen LogP contribution in [0, 0.1) is 0 Å². The molecule has 1 aromatic rings. The number of halogens is 1. The molecule has 0 aromatic heterocycles. The molecule has 0 radical (unpaired) electrons. The first kappa shape index (κ1) is 14.6. The average molecular weight is 303 g/mol. The number of likely N-dealkylation sites (tertiary alicyclic amines) is 1. The van der Waals surface area contributed by atoms with Crippen LogP contribution in [0.2, 0.25) is 0 Å². The summed E-state index contributed by atoms with van der Waals surface area (Å²) in [7, 11) is -3.31. The maximum Gasteiger partial charge on any atom is 0.233 e. The molecular formula is C13H19ClN2O2S. The van der Waals surface area contributed by atoms with Crippen LogP contribution in [0.1, 0.15) is 18.4 Å². The van der Waals surface area contributed by atoms with E-state index >= 15 is 0 Å². The number of nitrogens with zero attached hydrogens (tertiary/aromatic N) is 1. The van der Waals surface area contributed by atoms with E-state index in [9.17, 15) is 8.42 Å². The lowest BCUT2D eigenvalue weighted by Crippen LogP contribution is -2.19. The zero-order valence-corrected chi connectivity index (χ0v) is 12.4. The number of anilines is 1. The van der Waals surface area contributed by atoms with Crippen molar-refractivity contribution in [3.8, 4) is 0 Å². The Hall–Kier alpha value is -0.780. The Morgan fingerprint density at radius 3 is 2.37 bits per heavy atom. The van der Waals surface area contributed by atoms with Gasteiger partial charge >= 0.3 is 0 Å². The minimum Gasteiger partial charge on any atom is -0.299 e. The van der Waals surface area contributed by atoms with Crippen molar-refractivity contribution in [1.29, 1.82) is 0 Å². The Balaban J connectivity index is 1.94. The molecule has 1 fully saturated rings. The SMILES string of the molecule is O=S(=O)(CCCl)Nc1ccc(CN2CCCC2)cc1. The lowest BCUT2D eigenvalue weighted by Gasteiger charge is -2.15. The topological polar surface area (TPSA) is 49.4 Å². The van der Waals surface area contributed by atoms with E-state index < -0.39 is 10.0 Å². The molecule has 0 amide bonds. The lowest BCUT2D eigenvalue weighted by molar-refractivity contribution is 0.331. The largest absolute Gasteiger partial charge is 0.299 e. The molecule has 1 aliphatic rings. The van der Waals surface area contributed by atoms with Crippen LogP contribution in [0.4, 0.5) is 5.69 Å². The molecule has 4 nitrogen and oxygen atoms in total. The second-order valence-electron chi connectivity index (χ2n) is 4.79. The monoisotopic (exact) mass is 302 g/mol. The molecule has 1 aliphatic heterocycles. The number of hydrogen-bond donors (Lipinski definition) is 1. The Morgan fingerprint density at radius 2 is 1.79 bits per heavy atom. The fraction of sp³-hybridized carbons (Fsp3) is 0.538. The molecule has 0 unspecified atom stereocenters. The van der Waals surface area contributed by atoms with Gasteiger partial charge in [-0.1, -0.05) is 12.1 Å². The summed E-state index contributed by atoms with van der Waals surface area (Å²) in [6.07, 6.45) is 2.55. The summed E-state index contributed by atoms with van der Waals surface area (Å²) >= 11 is 5.45. The van der Waals surface area contributed by atoms with E-state index in [1.807, 2.05) is 12.1 Å². The number of alkyl halides is 1. The summed E-state index contributed by atoms with van der Waals surface area (Å²) in [6.45, 7) is 3.25. The number of sulfonamides is 1. The smallest absolute Gasteiger partial charge is 0.233 e. The number of nitrogens with one attached hydrogen (secondary N) is 1. The molecule has 1 saturated heterocycles. The van der Waals surface area contributed by atoms with Gasteiger partial charge in [-0.2, -0.15) is 0 Å². The molecule has 1 heterocycles. The van der Waals surface area contributed by atoms with Gasteiger partial charge in [-0.15, -0.1) is 11.6 Å². The van der Waals surface area contributed by atoms with Crippen LogP contribution >= 0.6 is 11.6 Å². The first-order valence-electron chi connectivity index (χ1n) is 6.47. The van der Waals surface area contributed by atoms with Gasteiger partial charge in [-0.25, -0.2) is 8.42 Å². The Kier molecular flexibility index (Phi) is 5.07. The highest BCUT2D eigenvalue weighted by molar-refractivity contribution is 7.92. The van der Waals surface area contributed by atoms with E-state index in [4.69, 9.17) is 11.6 Å². The van der Waals surface area contributed by atoms with Crippen molar-refractivity contribution >= 4 is 27.3 Å². The highest BCUT2D eigenvalue weighted by atomic mass is 35.5. The van der Waals surface area contributed by atoms with Crippen LogP contribution in [-0.2, 0) is 16.6 Å². The molecule has 1 aromatic carbocycles. The second-order valence-corrected chi connectivity index (χ2v) is 7.01. The highest BCUT2D eigenvalue weighted by Crippen LogP contribution is 2.16. The molecule has 19 heavy (non-hydrogen) atoms. The van der Waals surface area contributed by atoms with Gasteiger partial charge in [0.25, 0.3) is 0 Å². The molecule has 106 valence electrons. The van der Waals surface area contributed by atoms with E-state index in [0.717, 1.165) is 19.6 Å².